The van der Waals surface area contributed by atoms with Gasteiger partial charge in [-0.25, -0.2) is 0 Å². The summed E-state index contributed by atoms with van der Waals surface area (Å²) in [7, 11) is 4.07. The highest BCUT2D eigenvalue weighted by Gasteiger charge is 2.15. The molecule has 4 nitrogen and oxygen atoms in total. The molecule has 0 saturated carbocycles. The first-order valence-electron chi connectivity index (χ1n) is 4.85. The molecule has 0 bridgehead atoms. The van der Waals surface area contributed by atoms with E-state index in [1.165, 1.54) is 0 Å². The Morgan fingerprint density at radius 3 is 2.92 bits per heavy atom. The van der Waals surface area contributed by atoms with Crippen LogP contribution >= 0.6 is 0 Å². The number of likely N-dealkylation sites (N-methyl/N-ethyl adjacent to an activating group) is 2. The first-order valence-corrected chi connectivity index (χ1v) is 4.85. The summed E-state index contributed by atoms with van der Waals surface area (Å²) in [5.74, 6) is 0. The van der Waals surface area contributed by atoms with Gasteiger partial charge in [0.25, 0.3) is 0 Å². The van der Waals surface area contributed by atoms with Gasteiger partial charge in [-0.05, 0) is 14.1 Å². The second-order valence-corrected chi connectivity index (χ2v) is 3.43. The third kappa shape index (κ3) is 4.57. The van der Waals surface area contributed by atoms with Crippen LogP contribution in [0.4, 0.5) is 0 Å². The fraction of sp³-hybridized carbons (Fsp3) is 1.00. The van der Waals surface area contributed by atoms with E-state index in [1.807, 2.05) is 7.05 Å². The lowest BCUT2D eigenvalue weighted by Crippen LogP contribution is -2.40. The first kappa shape index (κ1) is 10.9. The second kappa shape index (κ2) is 6.32. The van der Waals surface area contributed by atoms with Gasteiger partial charge in [0, 0.05) is 19.6 Å². The summed E-state index contributed by atoms with van der Waals surface area (Å²) in [6.45, 7) is 5.26. The summed E-state index contributed by atoms with van der Waals surface area (Å²) < 4.78 is 10.9. The van der Waals surface area contributed by atoms with Gasteiger partial charge in [0.15, 0.2) is 0 Å². The van der Waals surface area contributed by atoms with Crippen LogP contribution in [0.5, 0.6) is 0 Å². The zero-order valence-electron chi connectivity index (χ0n) is 8.58. The Kier molecular flexibility index (Phi) is 5.31. The maximum absolute atomic E-state index is 5.54. The third-order valence-corrected chi connectivity index (χ3v) is 2.14. The predicted octanol–water partition coefficient (Wildman–Crippen LogP) is -0.447. The van der Waals surface area contributed by atoms with E-state index in [-0.39, 0.29) is 6.10 Å². The van der Waals surface area contributed by atoms with Crippen LogP contribution in [0.2, 0.25) is 0 Å². The molecule has 0 amide bonds. The van der Waals surface area contributed by atoms with E-state index >= 15 is 0 Å². The number of ether oxygens (including phenoxy) is 2. The smallest absolute Gasteiger partial charge is 0.0936 e. The average Bonchev–Trinajstić information content (AvgIpc) is 2.16. The lowest BCUT2D eigenvalue weighted by Gasteiger charge is -2.27. The third-order valence-electron chi connectivity index (χ3n) is 2.14. The van der Waals surface area contributed by atoms with Crippen LogP contribution in [-0.4, -0.2) is 64.6 Å². The molecule has 0 radical (unpaired) electrons. The van der Waals surface area contributed by atoms with Gasteiger partial charge in [-0.2, -0.15) is 0 Å². The van der Waals surface area contributed by atoms with Gasteiger partial charge in [0.1, 0.15) is 0 Å². The van der Waals surface area contributed by atoms with Gasteiger partial charge in [-0.3, -0.25) is 0 Å². The van der Waals surface area contributed by atoms with Crippen molar-refractivity contribution in [2.24, 2.45) is 0 Å². The van der Waals surface area contributed by atoms with E-state index in [9.17, 15) is 0 Å². The first-order chi connectivity index (χ1) is 6.33. The standard InChI is InChI=1S/C9H20N2O2/c1-10-3-4-11(2)7-9-8-12-5-6-13-9/h9-10H,3-8H2,1-2H3. The van der Waals surface area contributed by atoms with Gasteiger partial charge >= 0.3 is 0 Å². The van der Waals surface area contributed by atoms with Crippen molar-refractivity contribution in [3.8, 4) is 0 Å². The molecule has 0 spiro atoms. The fourth-order valence-corrected chi connectivity index (χ4v) is 1.38. The van der Waals surface area contributed by atoms with Crippen molar-refractivity contribution in [2.45, 2.75) is 6.10 Å². The van der Waals surface area contributed by atoms with Crippen molar-refractivity contribution >= 4 is 0 Å². The summed E-state index contributed by atoms with van der Waals surface area (Å²) in [6.07, 6.45) is 0.260. The fourth-order valence-electron chi connectivity index (χ4n) is 1.38. The van der Waals surface area contributed by atoms with Crippen molar-refractivity contribution in [3.63, 3.8) is 0 Å². The average molecular weight is 188 g/mol. The molecule has 0 aromatic rings. The molecule has 13 heavy (non-hydrogen) atoms. The molecule has 1 saturated heterocycles. The van der Waals surface area contributed by atoms with E-state index in [0.717, 1.165) is 39.5 Å². The Balaban J connectivity index is 2.07. The molecule has 1 rings (SSSR count). The molecule has 78 valence electrons. The topological polar surface area (TPSA) is 33.7 Å². The van der Waals surface area contributed by atoms with Crippen molar-refractivity contribution in [3.05, 3.63) is 0 Å². The molecule has 1 unspecified atom stereocenters. The molecule has 0 aliphatic carbocycles. The molecular formula is C9H20N2O2. The summed E-state index contributed by atoms with van der Waals surface area (Å²) >= 11 is 0. The van der Waals surface area contributed by atoms with Gasteiger partial charge in [-0.15, -0.1) is 0 Å². The molecule has 1 heterocycles. The zero-order chi connectivity index (χ0) is 9.52. The van der Waals surface area contributed by atoms with Crippen LogP contribution in [0.15, 0.2) is 0 Å². The second-order valence-electron chi connectivity index (χ2n) is 3.43. The molecule has 1 aliphatic heterocycles. The van der Waals surface area contributed by atoms with Gasteiger partial charge in [0.2, 0.25) is 0 Å². The lowest BCUT2D eigenvalue weighted by molar-refractivity contribution is -0.0955. The molecule has 1 N–H and O–H groups in total. The Morgan fingerprint density at radius 2 is 2.31 bits per heavy atom. The zero-order valence-corrected chi connectivity index (χ0v) is 8.58. The van der Waals surface area contributed by atoms with Crippen LogP contribution in [0.25, 0.3) is 0 Å². The Hall–Kier alpha value is -0.160. The predicted molar refractivity (Wildman–Crippen MR) is 52.0 cm³/mol. The molecule has 0 aromatic carbocycles. The highest BCUT2D eigenvalue weighted by atomic mass is 16.6. The highest BCUT2D eigenvalue weighted by Crippen LogP contribution is 2.01. The number of hydrogen-bond acceptors (Lipinski definition) is 4. The number of hydrogen-bond donors (Lipinski definition) is 1. The SMILES string of the molecule is CNCCN(C)CC1COCCO1. The minimum absolute atomic E-state index is 0.260. The lowest BCUT2D eigenvalue weighted by atomic mass is 10.3. The molecule has 1 aliphatic rings. The van der Waals surface area contributed by atoms with Crippen LogP contribution in [0.1, 0.15) is 0 Å². The van der Waals surface area contributed by atoms with E-state index in [0.29, 0.717) is 0 Å². The van der Waals surface area contributed by atoms with Crippen LogP contribution in [-0.2, 0) is 9.47 Å². The Labute approximate surface area is 80.2 Å². The van der Waals surface area contributed by atoms with Crippen LogP contribution in [0, 0.1) is 0 Å². The Bertz CT molecular complexity index is 127. The summed E-state index contributed by atoms with van der Waals surface area (Å²) in [4.78, 5) is 2.26. The summed E-state index contributed by atoms with van der Waals surface area (Å²) in [6, 6.07) is 0. The maximum atomic E-state index is 5.54. The number of rotatable bonds is 5. The van der Waals surface area contributed by atoms with Crippen molar-refractivity contribution in [1.82, 2.24) is 10.2 Å². The van der Waals surface area contributed by atoms with Crippen molar-refractivity contribution in [2.75, 3.05) is 53.6 Å². The molecule has 4 heteroatoms. The highest BCUT2D eigenvalue weighted by molar-refractivity contribution is 4.65. The molecule has 1 atom stereocenters. The maximum Gasteiger partial charge on any atom is 0.0936 e. The number of nitrogens with one attached hydrogen (secondary N) is 1. The van der Waals surface area contributed by atoms with E-state index < -0.39 is 0 Å². The largest absolute Gasteiger partial charge is 0.376 e. The Morgan fingerprint density at radius 1 is 1.46 bits per heavy atom. The van der Waals surface area contributed by atoms with Gasteiger partial charge in [0.05, 0.1) is 25.9 Å². The van der Waals surface area contributed by atoms with E-state index in [2.05, 4.69) is 17.3 Å². The minimum atomic E-state index is 0.260. The minimum Gasteiger partial charge on any atom is -0.376 e. The summed E-state index contributed by atoms with van der Waals surface area (Å²) in [5.41, 5.74) is 0. The van der Waals surface area contributed by atoms with Gasteiger partial charge < -0.3 is 19.7 Å². The van der Waals surface area contributed by atoms with E-state index in [1.54, 1.807) is 0 Å². The number of nitrogens with zero attached hydrogens (tertiary/aromatic N) is 1. The van der Waals surface area contributed by atoms with Gasteiger partial charge in [-0.1, -0.05) is 0 Å². The quantitative estimate of drug-likeness (QED) is 0.634. The van der Waals surface area contributed by atoms with Crippen molar-refractivity contribution in [1.29, 1.82) is 0 Å². The molecule has 1 fully saturated rings. The van der Waals surface area contributed by atoms with Crippen LogP contribution < -0.4 is 5.32 Å². The van der Waals surface area contributed by atoms with Crippen LogP contribution in [0.3, 0.4) is 0 Å². The van der Waals surface area contributed by atoms with E-state index in [4.69, 9.17) is 9.47 Å². The van der Waals surface area contributed by atoms with Crippen molar-refractivity contribution < 1.29 is 9.47 Å². The molecular weight excluding hydrogens is 168 g/mol. The summed E-state index contributed by atoms with van der Waals surface area (Å²) in [5, 5.41) is 3.12. The normalized spacial score (nSPS) is 23.8. The monoisotopic (exact) mass is 188 g/mol. The molecule has 0 aromatic heterocycles.